The molecular weight excluding hydrogens is 348 g/mol. The minimum Gasteiger partial charge on any atom is -0.312 e. The molecule has 1 aromatic carbocycles. The molecule has 0 unspecified atom stereocenters. The molecule has 0 bridgehead atoms. The first kappa shape index (κ1) is 15.7. The van der Waals surface area contributed by atoms with Crippen LogP contribution in [-0.4, -0.2) is 5.91 Å². The number of rotatable bonds is 2. The highest BCUT2D eigenvalue weighted by molar-refractivity contribution is 9.10. The van der Waals surface area contributed by atoms with Crippen LogP contribution in [0.25, 0.3) is 0 Å². The van der Waals surface area contributed by atoms with Crippen LogP contribution < -0.4 is 5.32 Å². The highest BCUT2D eigenvalue weighted by Crippen LogP contribution is 2.35. The van der Waals surface area contributed by atoms with Crippen molar-refractivity contribution in [2.45, 2.75) is 26.2 Å². The van der Waals surface area contributed by atoms with Gasteiger partial charge in [-0.1, -0.05) is 42.8 Å². The number of thiophene rings is 1. The normalized spacial score (nSPS) is 11.0. The Balaban J connectivity index is 2.31. The van der Waals surface area contributed by atoms with Gasteiger partial charge in [0, 0.05) is 10.0 Å². The Morgan fingerprint density at radius 3 is 2.67 bits per heavy atom. The van der Waals surface area contributed by atoms with Gasteiger partial charge in [0.1, 0.15) is 11.1 Å². The van der Waals surface area contributed by atoms with Crippen LogP contribution in [0.3, 0.4) is 0 Å². The zero-order valence-electron chi connectivity index (χ0n) is 12.0. The smallest absolute Gasteiger partial charge is 0.256 e. The van der Waals surface area contributed by atoms with E-state index in [1.807, 2.05) is 11.4 Å². The van der Waals surface area contributed by atoms with Crippen molar-refractivity contribution in [2.75, 3.05) is 5.32 Å². The van der Waals surface area contributed by atoms with Crippen molar-refractivity contribution in [2.24, 2.45) is 0 Å². The van der Waals surface area contributed by atoms with Gasteiger partial charge in [-0.05, 0) is 34.6 Å². The summed E-state index contributed by atoms with van der Waals surface area (Å²) in [6, 6.07) is 9.36. The van der Waals surface area contributed by atoms with Crippen LogP contribution >= 0.6 is 27.3 Å². The Bertz CT molecular complexity index is 723. The lowest BCUT2D eigenvalue weighted by Gasteiger charge is -2.17. The molecule has 0 saturated heterocycles. The van der Waals surface area contributed by atoms with E-state index in [1.165, 1.54) is 11.3 Å². The third kappa shape index (κ3) is 3.52. The van der Waals surface area contributed by atoms with E-state index < -0.39 is 0 Å². The Morgan fingerprint density at radius 2 is 2.10 bits per heavy atom. The molecule has 0 radical (unpaired) electrons. The van der Waals surface area contributed by atoms with E-state index >= 15 is 0 Å². The summed E-state index contributed by atoms with van der Waals surface area (Å²) in [4.78, 5) is 12.3. The zero-order valence-corrected chi connectivity index (χ0v) is 14.4. The number of carbonyl (C=O) groups is 1. The van der Waals surface area contributed by atoms with E-state index in [0.29, 0.717) is 16.1 Å². The van der Waals surface area contributed by atoms with E-state index in [1.54, 1.807) is 18.2 Å². The summed E-state index contributed by atoms with van der Waals surface area (Å²) < 4.78 is 0.845. The highest BCUT2D eigenvalue weighted by atomic mass is 79.9. The van der Waals surface area contributed by atoms with Gasteiger partial charge >= 0.3 is 0 Å². The lowest BCUT2D eigenvalue weighted by molar-refractivity contribution is 0.102. The van der Waals surface area contributed by atoms with Gasteiger partial charge in [0.2, 0.25) is 0 Å². The molecule has 21 heavy (non-hydrogen) atoms. The van der Waals surface area contributed by atoms with Gasteiger partial charge in [-0.2, -0.15) is 5.26 Å². The average molecular weight is 363 g/mol. The first-order valence-electron chi connectivity index (χ1n) is 6.42. The predicted octanol–water partition coefficient (Wildman–Crippen LogP) is 4.93. The van der Waals surface area contributed by atoms with Crippen molar-refractivity contribution >= 4 is 38.2 Å². The van der Waals surface area contributed by atoms with Gasteiger partial charge in [-0.15, -0.1) is 11.3 Å². The van der Waals surface area contributed by atoms with Crippen molar-refractivity contribution in [3.8, 4) is 6.07 Å². The number of halogens is 1. The monoisotopic (exact) mass is 362 g/mol. The number of carbonyl (C=O) groups excluding carboxylic acids is 1. The van der Waals surface area contributed by atoms with Crippen LogP contribution in [0.15, 0.2) is 34.1 Å². The predicted molar refractivity (Wildman–Crippen MR) is 89.8 cm³/mol. The molecule has 5 heteroatoms. The maximum atomic E-state index is 12.3. The number of hydrogen-bond donors (Lipinski definition) is 1. The molecule has 2 aromatic rings. The maximum absolute atomic E-state index is 12.3. The van der Waals surface area contributed by atoms with Crippen molar-refractivity contribution in [3.63, 3.8) is 0 Å². The summed E-state index contributed by atoms with van der Waals surface area (Å²) in [7, 11) is 0. The fraction of sp³-hybridized carbons (Fsp3) is 0.250. The number of hydrogen-bond acceptors (Lipinski definition) is 3. The van der Waals surface area contributed by atoms with Gasteiger partial charge in [0.25, 0.3) is 5.91 Å². The maximum Gasteiger partial charge on any atom is 0.256 e. The molecular formula is C16H15BrN2OS. The molecule has 3 nitrogen and oxygen atoms in total. The molecule has 0 fully saturated rings. The average Bonchev–Trinajstić information content (AvgIpc) is 2.81. The summed E-state index contributed by atoms with van der Waals surface area (Å²) in [5.74, 6) is -0.213. The summed E-state index contributed by atoms with van der Waals surface area (Å²) >= 11 is 4.73. The molecule has 0 saturated carbocycles. The molecule has 0 atom stereocenters. The first-order chi connectivity index (χ1) is 9.82. The number of nitrogens with zero attached hydrogens (tertiary/aromatic N) is 1. The number of amides is 1. The van der Waals surface area contributed by atoms with Gasteiger partial charge in [0.15, 0.2) is 0 Å². The summed E-state index contributed by atoms with van der Waals surface area (Å²) in [6.45, 7) is 6.15. The second-order valence-corrected chi connectivity index (χ2v) is 7.48. The van der Waals surface area contributed by atoms with Crippen LogP contribution in [0.2, 0.25) is 0 Å². The lowest BCUT2D eigenvalue weighted by atomic mass is 9.86. The summed E-state index contributed by atoms with van der Waals surface area (Å²) in [5, 5.41) is 14.8. The SMILES string of the molecule is CC(C)(C)c1csc(NC(=O)c2cccc(Br)c2)c1C#N. The van der Waals surface area contributed by atoms with Crippen LogP contribution in [0.4, 0.5) is 5.00 Å². The molecule has 108 valence electrons. The van der Waals surface area contributed by atoms with E-state index in [2.05, 4.69) is 48.1 Å². The Hall–Kier alpha value is -1.64. The highest BCUT2D eigenvalue weighted by Gasteiger charge is 2.23. The quantitative estimate of drug-likeness (QED) is 0.822. The molecule has 1 N–H and O–H groups in total. The Kier molecular flexibility index (Phi) is 4.50. The summed E-state index contributed by atoms with van der Waals surface area (Å²) in [5.41, 5.74) is 1.94. The second kappa shape index (κ2) is 6.00. The Morgan fingerprint density at radius 1 is 1.38 bits per heavy atom. The van der Waals surface area contributed by atoms with E-state index in [4.69, 9.17) is 0 Å². The molecule has 0 aliphatic rings. The fourth-order valence-corrected chi connectivity index (χ4v) is 3.45. The lowest BCUT2D eigenvalue weighted by Crippen LogP contribution is -2.14. The molecule has 0 aliphatic carbocycles. The Labute approximate surface area is 136 Å². The molecule has 2 rings (SSSR count). The van der Waals surface area contributed by atoms with E-state index in [9.17, 15) is 10.1 Å². The minimum atomic E-state index is -0.213. The van der Waals surface area contributed by atoms with Crippen LogP contribution in [0.5, 0.6) is 0 Å². The number of anilines is 1. The van der Waals surface area contributed by atoms with E-state index in [-0.39, 0.29) is 11.3 Å². The fourth-order valence-electron chi connectivity index (χ4n) is 1.92. The van der Waals surface area contributed by atoms with Gasteiger partial charge in [0.05, 0.1) is 5.56 Å². The van der Waals surface area contributed by atoms with Gasteiger partial charge in [-0.25, -0.2) is 0 Å². The van der Waals surface area contributed by atoms with Crippen LogP contribution in [0.1, 0.15) is 42.3 Å². The standard InChI is InChI=1S/C16H15BrN2OS/c1-16(2,3)13-9-21-15(12(13)8-18)19-14(20)10-5-4-6-11(17)7-10/h4-7,9H,1-3H3,(H,19,20). The topological polar surface area (TPSA) is 52.9 Å². The number of benzene rings is 1. The molecule has 1 heterocycles. The summed E-state index contributed by atoms with van der Waals surface area (Å²) in [6.07, 6.45) is 0. The van der Waals surface area contributed by atoms with Crippen LogP contribution in [-0.2, 0) is 5.41 Å². The molecule has 1 aromatic heterocycles. The number of nitriles is 1. The number of nitrogens with one attached hydrogen (secondary N) is 1. The minimum absolute atomic E-state index is 0.125. The molecule has 0 spiro atoms. The third-order valence-electron chi connectivity index (χ3n) is 3.02. The van der Waals surface area contributed by atoms with Crippen molar-refractivity contribution < 1.29 is 4.79 Å². The van der Waals surface area contributed by atoms with Crippen LogP contribution in [0, 0.1) is 11.3 Å². The van der Waals surface area contributed by atoms with Crippen molar-refractivity contribution in [1.29, 1.82) is 5.26 Å². The second-order valence-electron chi connectivity index (χ2n) is 5.68. The molecule has 0 aliphatic heterocycles. The third-order valence-corrected chi connectivity index (χ3v) is 4.41. The van der Waals surface area contributed by atoms with Crippen molar-refractivity contribution in [1.82, 2.24) is 0 Å². The van der Waals surface area contributed by atoms with Gasteiger partial charge < -0.3 is 5.32 Å². The molecule has 1 amide bonds. The first-order valence-corrected chi connectivity index (χ1v) is 8.09. The largest absolute Gasteiger partial charge is 0.312 e. The zero-order chi connectivity index (χ0) is 15.6. The van der Waals surface area contributed by atoms with Gasteiger partial charge in [-0.3, -0.25) is 4.79 Å². The van der Waals surface area contributed by atoms with Crippen molar-refractivity contribution in [3.05, 3.63) is 50.8 Å². The van der Waals surface area contributed by atoms with E-state index in [0.717, 1.165) is 10.0 Å².